The lowest BCUT2D eigenvalue weighted by molar-refractivity contribution is 0.395. The fourth-order valence-corrected chi connectivity index (χ4v) is 4.85. The van der Waals surface area contributed by atoms with Crippen LogP contribution in [0.2, 0.25) is 0 Å². The molecule has 7 heteroatoms. The zero-order valence-corrected chi connectivity index (χ0v) is 16.3. The molecule has 24 heavy (non-hydrogen) atoms. The van der Waals surface area contributed by atoms with Crippen LogP contribution >= 0.6 is 27.3 Å². The lowest BCUT2D eigenvalue weighted by Gasteiger charge is -2.22. The zero-order chi connectivity index (χ0) is 17.2. The largest absolute Gasteiger partial charge is 0.353 e. The Balaban J connectivity index is 1.96. The molecular formula is C17H17BrN2O2S2. The summed E-state index contributed by atoms with van der Waals surface area (Å²) in [5, 5.41) is 1.96. The normalized spacial score (nSPS) is 12.0. The van der Waals surface area contributed by atoms with Gasteiger partial charge in [-0.15, -0.1) is 11.3 Å². The first-order valence-electron chi connectivity index (χ1n) is 7.35. The third-order valence-electron chi connectivity index (χ3n) is 3.75. The van der Waals surface area contributed by atoms with Gasteiger partial charge in [0, 0.05) is 34.8 Å². The number of aromatic nitrogens is 1. The van der Waals surface area contributed by atoms with Crippen LogP contribution in [0.25, 0.3) is 0 Å². The Kier molecular flexibility index (Phi) is 5.24. The quantitative estimate of drug-likeness (QED) is 0.593. The first kappa shape index (κ1) is 17.4. The number of hydrogen-bond donors (Lipinski definition) is 0. The molecule has 0 saturated carbocycles. The first-order valence-corrected chi connectivity index (χ1v) is 10.5. The molecule has 0 saturated heterocycles. The van der Waals surface area contributed by atoms with E-state index in [0.29, 0.717) is 18.0 Å². The summed E-state index contributed by atoms with van der Waals surface area (Å²) >= 11 is 4.91. The maximum atomic E-state index is 13.1. The standard InChI is InChI=1S/C17H17BrN2O2S2/c1-19-10-2-4-15(19)12-20(13-16-5-3-11-23-16)24(21,22)17-8-6-14(18)7-9-17/h2-11H,12-13H2,1H3. The maximum Gasteiger partial charge on any atom is 0.243 e. The predicted molar refractivity (Wildman–Crippen MR) is 100 cm³/mol. The van der Waals surface area contributed by atoms with Crippen molar-refractivity contribution in [2.24, 2.45) is 7.05 Å². The van der Waals surface area contributed by atoms with Crippen molar-refractivity contribution in [2.75, 3.05) is 0 Å². The summed E-state index contributed by atoms with van der Waals surface area (Å²) in [5.41, 5.74) is 0.951. The van der Waals surface area contributed by atoms with Gasteiger partial charge in [0.25, 0.3) is 0 Å². The summed E-state index contributed by atoms with van der Waals surface area (Å²) in [6.07, 6.45) is 1.92. The van der Waals surface area contributed by atoms with Crippen LogP contribution in [0.4, 0.5) is 0 Å². The van der Waals surface area contributed by atoms with Gasteiger partial charge in [-0.05, 0) is 47.8 Å². The minimum Gasteiger partial charge on any atom is -0.353 e. The Bertz CT molecular complexity index is 900. The molecule has 0 unspecified atom stereocenters. The van der Waals surface area contributed by atoms with Gasteiger partial charge in [-0.1, -0.05) is 22.0 Å². The van der Waals surface area contributed by atoms with Crippen molar-refractivity contribution in [1.82, 2.24) is 8.87 Å². The van der Waals surface area contributed by atoms with Gasteiger partial charge < -0.3 is 4.57 Å². The molecule has 0 spiro atoms. The van der Waals surface area contributed by atoms with Crippen LogP contribution in [-0.4, -0.2) is 17.3 Å². The summed E-state index contributed by atoms with van der Waals surface area (Å²) < 4.78 is 30.6. The Morgan fingerprint density at radius 1 is 1.08 bits per heavy atom. The third-order valence-corrected chi connectivity index (χ3v) is 6.95. The van der Waals surface area contributed by atoms with Crippen molar-refractivity contribution in [3.05, 3.63) is 75.2 Å². The second-order valence-corrected chi connectivity index (χ2v) is 9.30. The molecule has 0 amide bonds. The number of benzene rings is 1. The van der Waals surface area contributed by atoms with Crippen molar-refractivity contribution >= 4 is 37.3 Å². The summed E-state index contributed by atoms with van der Waals surface area (Å²) in [6.45, 7) is 0.695. The van der Waals surface area contributed by atoms with Gasteiger partial charge in [-0.25, -0.2) is 8.42 Å². The zero-order valence-electron chi connectivity index (χ0n) is 13.1. The summed E-state index contributed by atoms with van der Waals surface area (Å²) in [5.74, 6) is 0. The van der Waals surface area contributed by atoms with E-state index in [1.165, 1.54) is 4.31 Å². The Hall–Kier alpha value is -1.41. The van der Waals surface area contributed by atoms with Crippen molar-refractivity contribution in [1.29, 1.82) is 0 Å². The number of hydrogen-bond acceptors (Lipinski definition) is 3. The monoisotopic (exact) mass is 424 g/mol. The van der Waals surface area contributed by atoms with E-state index < -0.39 is 10.0 Å². The van der Waals surface area contributed by atoms with Crippen LogP contribution in [0.3, 0.4) is 0 Å². The van der Waals surface area contributed by atoms with Gasteiger partial charge >= 0.3 is 0 Å². The predicted octanol–water partition coefficient (Wildman–Crippen LogP) is 4.24. The highest BCUT2D eigenvalue weighted by Crippen LogP contribution is 2.24. The number of aryl methyl sites for hydroxylation is 1. The van der Waals surface area contributed by atoms with Crippen molar-refractivity contribution < 1.29 is 8.42 Å². The fourth-order valence-electron chi connectivity index (χ4n) is 2.40. The highest BCUT2D eigenvalue weighted by molar-refractivity contribution is 9.10. The molecule has 0 aliphatic heterocycles. The number of rotatable bonds is 6. The molecule has 0 atom stereocenters. The highest BCUT2D eigenvalue weighted by atomic mass is 79.9. The van der Waals surface area contributed by atoms with E-state index in [0.717, 1.165) is 15.0 Å². The first-order chi connectivity index (χ1) is 11.5. The van der Waals surface area contributed by atoms with Crippen molar-refractivity contribution in [2.45, 2.75) is 18.0 Å². The molecule has 2 aromatic heterocycles. The second kappa shape index (κ2) is 7.23. The molecule has 3 rings (SSSR count). The molecule has 0 bridgehead atoms. The Labute approximate surface area is 154 Å². The molecule has 126 valence electrons. The highest BCUT2D eigenvalue weighted by Gasteiger charge is 2.25. The number of nitrogens with zero attached hydrogens (tertiary/aromatic N) is 2. The summed E-state index contributed by atoms with van der Waals surface area (Å²) in [7, 11) is -1.66. The van der Waals surface area contributed by atoms with Crippen LogP contribution in [0, 0.1) is 0 Å². The average Bonchev–Trinajstić information content (AvgIpc) is 3.19. The SMILES string of the molecule is Cn1cccc1CN(Cc1cccs1)S(=O)(=O)c1ccc(Br)cc1. The number of halogens is 1. The molecule has 0 aliphatic rings. The van der Waals surface area contributed by atoms with E-state index in [1.807, 2.05) is 47.5 Å². The average molecular weight is 425 g/mol. The van der Waals surface area contributed by atoms with Gasteiger partial charge in [-0.2, -0.15) is 4.31 Å². The molecule has 0 N–H and O–H groups in total. The van der Waals surface area contributed by atoms with Crippen LogP contribution in [-0.2, 0) is 30.2 Å². The lowest BCUT2D eigenvalue weighted by Crippen LogP contribution is -2.30. The molecule has 0 aliphatic carbocycles. The van der Waals surface area contributed by atoms with Crippen LogP contribution in [0.5, 0.6) is 0 Å². The number of thiophene rings is 1. The second-order valence-electron chi connectivity index (χ2n) is 5.42. The van der Waals surface area contributed by atoms with E-state index >= 15 is 0 Å². The van der Waals surface area contributed by atoms with E-state index in [2.05, 4.69) is 15.9 Å². The van der Waals surface area contributed by atoms with Gasteiger partial charge in [-0.3, -0.25) is 0 Å². The molecule has 3 aromatic rings. The minimum absolute atomic E-state index is 0.302. The molecule has 4 nitrogen and oxygen atoms in total. The fraction of sp³-hybridized carbons (Fsp3) is 0.176. The van der Waals surface area contributed by atoms with Crippen molar-refractivity contribution in [3.63, 3.8) is 0 Å². The topological polar surface area (TPSA) is 42.3 Å². The molecular weight excluding hydrogens is 408 g/mol. The van der Waals surface area contributed by atoms with E-state index in [4.69, 9.17) is 0 Å². The van der Waals surface area contributed by atoms with Crippen LogP contribution in [0.1, 0.15) is 10.6 Å². The minimum atomic E-state index is -3.58. The van der Waals surface area contributed by atoms with E-state index in [9.17, 15) is 8.42 Å². The summed E-state index contributed by atoms with van der Waals surface area (Å²) in [6, 6.07) is 14.5. The molecule has 2 heterocycles. The third kappa shape index (κ3) is 3.80. The van der Waals surface area contributed by atoms with Crippen molar-refractivity contribution in [3.8, 4) is 0 Å². The smallest absolute Gasteiger partial charge is 0.243 e. The lowest BCUT2D eigenvalue weighted by atomic mass is 10.4. The van der Waals surface area contributed by atoms with Gasteiger partial charge in [0.05, 0.1) is 11.4 Å². The van der Waals surface area contributed by atoms with Crippen LogP contribution < -0.4 is 0 Å². The van der Waals surface area contributed by atoms with Gasteiger partial charge in [0.15, 0.2) is 0 Å². The molecule has 0 fully saturated rings. The van der Waals surface area contributed by atoms with Gasteiger partial charge in [0.1, 0.15) is 0 Å². The van der Waals surface area contributed by atoms with Gasteiger partial charge in [0.2, 0.25) is 10.0 Å². The Morgan fingerprint density at radius 3 is 2.42 bits per heavy atom. The molecule has 0 radical (unpaired) electrons. The summed E-state index contributed by atoms with van der Waals surface area (Å²) in [4.78, 5) is 1.32. The van der Waals surface area contributed by atoms with E-state index in [-0.39, 0.29) is 0 Å². The Morgan fingerprint density at radius 2 is 1.83 bits per heavy atom. The van der Waals surface area contributed by atoms with Crippen LogP contribution in [0.15, 0.2) is 69.5 Å². The molecule has 1 aromatic carbocycles. The maximum absolute atomic E-state index is 13.1. The number of sulfonamides is 1. The van der Waals surface area contributed by atoms with E-state index in [1.54, 1.807) is 35.6 Å².